The predicted octanol–water partition coefficient (Wildman–Crippen LogP) is 4.12. The van der Waals surface area contributed by atoms with Gasteiger partial charge in [0, 0.05) is 30.0 Å². The van der Waals surface area contributed by atoms with Crippen LogP contribution < -0.4 is 5.32 Å². The van der Waals surface area contributed by atoms with E-state index in [0.29, 0.717) is 28.0 Å². The van der Waals surface area contributed by atoms with Gasteiger partial charge in [0.1, 0.15) is 11.5 Å². The Hall–Kier alpha value is -2.40. The first-order chi connectivity index (χ1) is 11.7. The van der Waals surface area contributed by atoms with Crippen LogP contribution >= 0.6 is 11.6 Å². The van der Waals surface area contributed by atoms with Gasteiger partial charge in [-0.3, -0.25) is 4.79 Å². The van der Waals surface area contributed by atoms with E-state index in [1.165, 1.54) is 18.5 Å². The van der Waals surface area contributed by atoms with Crippen molar-refractivity contribution >= 4 is 28.5 Å². The minimum atomic E-state index is -0.477. The molecule has 2 aromatic heterocycles. The number of rotatable bonds is 4. The van der Waals surface area contributed by atoms with Crippen LogP contribution in [0.4, 0.5) is 4.39 Å². The number of fused-ring (bicyclic) bond motifs is 1. The van der Waals surface area contributed by atoms with Gasteiger partial charge >= 0.3 is 0 Å². The maximum atomic E-state index is 13.9. The maximum absolute atomic E-state index is 13.9. The number of pyridine rings is 1. The molecular weight excluding hydrogens is 341 g/mol. The Morgan fingerprint density at radius 1 is 1.32 bits per heavy atom. The van der Waals surface area contributed by atoms with E-state index in [0.717, 1.165) is 5.56 Å². The zero-order valence-electron chi connectivity index (χ0n) is 14.3. The molecule has 1 aromatic carbocycles. The molecule has 0 spiro atoms. The average molecular weight is 360 g/mol. The van der Waals surface area contributed by atoms with E-state index in [1.807, 2.05) is 38.1 Å². The first kappa shape index (κ1) is 17.4. The second-order valence-corrected chi connectivity index (χ2v) is 7.26. The van der Waals surface area contributed by atoms with Gasteiger partial charge in [0.25, 0.3) is 5.91 Å². The molecule has 25 heavy (non-hydrogen) atoms. The number of nitrogens with zero attached hydrogens (tertiary/aromatic N) is 2. The van der Waals surface area contributed by atoms with Gasteiger partial charge in [0.05, 0.1) is 10.9 Å². The molecular formula is C19H19ClFN3O. The van der Waals surface area contributed by atoms with Crippen LogP contribution in [-0.2, 0) is 13.5 Å². The minimum absolute atomic E-state index is 0.281. The third kappa shape index (κ3) is 3.82. The summed E-state index contributed by atoms with van der Waals surface area (Å²) in [6.45, 7) is 3.88. The van der Waals surface area contributed by atoms with Crippen LogP contribution in [0.2, 0.25) is 5.02 Å². The maximum Gasteiger partial charge on any atom is 0.253 e. The molecule has 0 aliphatic carbocycles. The quantitative estimate of drug-likeness (QED) is 0.761. The van der Waals surface area contributed by atoms with Crippen molar-refractivity contribution in [1.29, 1.82) is 0 Å². The molecule has 0 radical (unpaired) electrons. The minimum Gasteiger partial charge on any atom is -0.347 e. The highest BCUT2D eigenvalue weighted by molar-refractivity contribution is 6.30. The summed E-state index contributed by atoms with van der Waals surface area (Å²) in [6.07, 6.45) is 3.46. The lowest BCUT2D eigenvalue weighted by Crippen LogP contribution is -2.45. The first-order valence-electron chi connectivity index (χ1n) is 7.93. The lowest BCUT2D eigenvalue weighted by atomic mass is 9.94. The Balaban J connectivity index is 1.78. The van der Waals surface area contributed by atoms with Crippen LogP contribution in [0.25, 0.3) is 11.0 Å². The van der Waals surface area contributed by atoms with Crippen LogP contribution in [0, 0.1) is 5.82 Å². The SMILES string of the molecule is Cn1cc(F)c2cc(C(=O)NC(C)(C)Cc3ccc(Cl)cc3)cnc21. The fourth-order valence-corrected chi connectivity index (χ4v) is 3.00. The van der Waals surface area contributed by atoms with Gasteiger partial charge in [-0.05, 0) is 44.0 Å². The van der Waals surface area contributed by atoms with Gasteiger partial charge in [0.2, 0.25) is 0 Å². The van der Waals surface area contributed by atoms with Crippen molar-refractivity contribution in [2.24, 2.45) is 7.05 Å². The fraction of sp³-hybridized carbons (Fsp3) is 0.263. The standard InChI is InChI=1S/C19H19ClFN3O/c1-19(2,9-12-4-6-14(20)7-5-12)23-18(25)13-8-15-16(21)11-24(3)17(15)22-10-13/h4-8,10-11H,9H2,1-3H3,(H,23,25). The Morgan fingerprint density at radius 3 is 2.68 bits per heavy atom. The summed E-state index contributed by atoms with van der Waals surface area (Å²) < 4.78 is 15.5. The number of carbonyl (C=O) groups is 1. The van der Waals surface area contributed by atoms with E-state index >= 15 is 0 Å². The van der Waals surface area contributed by atoms with Gasteiger partial charge in [-0.25, -0.2) is 9.37 Å². The Kier molecular flexibility index (Phi) is 4.52. The van der Waals surface area contributed by atoms with Gasteiger partial charge < -0.3 is 9.88 Å². The highest BCUT2D eigenvalue weighted by atomic mass is 35.5. The van der Waals surface area contributed by atoms with Crippen molar-refractivity contribution in [2.45, 2.75) is 25.8 Å². The van der Waals surface area contributed by atoms with Crippen LogP contribution in [-0.4, -0.2) is 21.0 Å². The number of hydrogen-bond acceptors (Lipinski definition) is 2. The molecule has 0 bridgehead atoms. The lowest BCUT2D eigenvalue weighted by Gasteiger charge is -2.26. The van der Waals surface area contributed by atoms with E-state index in [1.54, 1.807) is 11.6 Å². The predicted molar refractivity (Wildman–Crippen MR) is 97.4 cm³/mol. The third-order valence-electron chi connectivity index (χ3n) is 4.04. The van der Waals surface area contributed by atoms with Gasteiger partial charge in [0.15, 0.2) is 0 Å². The number of carbonyl (C=O) groups excluding carboxylic acids is 1. The van der Waals surface area contributed by atoms with Gasteiger partial charge in [-0.1, -0.05) is 23.7 Å². The summed E-state index contributed by atoms with van der Waals surface area (Å²) >= 11 is 5.90. The van der Waals surface area contributed by atoms with E-state index in [-0.39, 0.29) is 11.7 Å². The lowest BCUT2D eigenvalue weighted by molar-refractivity contribution is 0.0913. The van der Waals surface area contributed by atoms with Crippen LogP contribution in [0.5, 0.6) is 0 Å². The fourth-order valence-electron chi connectivity index (χ4n) is 2.88. The summed E-state index contributed by atoms with van der Waals surface area (Å²) in [5, 5.41) is 4.00. The van der Waals surface area contributed by atoms with Crippen molar-refractivity contribution in [3.63, 3.8) is 0 Å². The molecule has 3 rings (SSSR count). The van der Waals surface area contributed by atoms with E-state index in [2.05, 4.69) is 10.3 Å². The molecule has 4 nitrogen and oxygen atoms in total. The first-order valence-corrected chi connectivity index (χ1v) is 8.30. The molecule has 0 saturated carbocycles. The van der Waals surface area contributed by atoms with E-state index in [4.69, 9.17) is 11.6 Å². The van der Waals surface area contributed by atoms with Crippen molar-refractivity contribution in [3.8, 4) is 0 Å². The Labute approximate surface area is 150 Å². The molecule has 2 heterocycles. The molecule has 0 aliphatic rings. The number of benzene rings is 1. The highest BCUT2D eigenvalue weighted by Gasteiger charge is 2.22. The second kappa shape index (κ2) is 6.48. The topological polar surface area (TPSA) is 46.9 Å². The summed E-state index contributed by atoms with van der Waals surface area (Å²) in [6, 6.07) is 9.05. The summed E-state index contributed by atoms with van der Waals surface area (Å²) in [4.78, 5) is 16.8. The molecule has 0 saturated heterocycles. The number of halogens is 2. The third-order valence-corrected chi connectivity index (χ3v) is 4.29. The molecule has 0 fully saturated rings. The molecule has 130 valence electrons. The van der Waals surface area contributed by atoms with Gasteiger partial charge in [-0.15, -0.1) is 0 Å². The van der Waals surface area contributed by atoms with E-state index in [9.17, 15) is 9.18 Å². The zero-order chi connectivity index (χ0) is 18.2. The van der Waals surface area contributed by atoms with Crippen LogP contribution in [0.3, 0.4) is 0 Å². The van der Waals surface area contributed by atoms with E-state index < -0.39 is 5.54 Å². The number of amides is 1. The number of nitrogens with one attached hydrogen (secondary N) is 1. The van der Waals surface area contributed by atoms with Crippen LogP contribution in [0.15, 0.2) is 42.7 Å². The number of aromatic nitrogens is 2. The van der Waals surface area contributed by atoms with Crippen molar-refractivity contribution in [2.75, 3.05) is 0 Å². The molecule has 1 N–H and O–H groups in total. The summed E-state index contributed by atoms with van der Waals surface area (Å²) in [7, 11) is 1.72. The molecule has 0 atom stereocenters. The number of hydrogen-bond donors (Lipinski definition) is 1. The molecule has 6 heteroatoms. The highest BCUT2D eigenvalue weighted by Crippen LogP contribution is 2.20. The van der Waals surface area contributed by atoms with Crippen molar-refractivity contribution in [1.82, 2.24) is 14.9 Å². The summed E-state index contributed by atoms with van der Waals surface area (Å²) in [5.41, 5.74) is 1.43. The van der Waals surface area contributed by atoms with Crippen molar-refractivity contribution in [3.05, 3.63) is 64.7 Å². The average Bonchev–Trinajstić information content (AvgIpc) is 2.83. The largest absolute Gasteiger partial charge is 0.347 e. The zero-order valence-corrected chi connectivity index (χ0v) is 15.1. The smallest absolute Gasteiger partial charge is 0.253 e. The monoisotopic (exact) mass is 359 g/mol. The molecule has 0 aliphatic heterocycles. The molecule has 3 aromatic rings. The molecule has 0 unspecified atom stereocenters. The second-order valence-electron chi connectivity index (χ2n) is 6.82. The van der Waals surface area contributed by atoms with Crippen molar-refractivity contribution < 1.29 is 9.18 Å². The van der Waals surface area contributed by atoms with Gasteiger partial charge in [-0.2, -0.15) is 0 Å². The molecule has 1 amide bonds. The summed E-state index contributed by atoms with van der Waals surface area (Å²) in [5.74, 6) is -0.670. The normalized spacial score (nSPS) is 11.7. The Bertz CT molecular complexity index is 932. The Morgan fingerprint density at radius 2 is 2.00 bits per heavy atom. The number of aryl methyl sites for hydroxylation is 1. The van der Waals surface area contributed by atoms with Crippen LogP contribution in [0.1, 0.15) is 29.8 Å².